The molecule has 1 aliphatic carbocycles. The van der Waals surface area contributed by atoms with Crippen molar-refractivity contribution in [2.75, 3.05) is 26.2 Å². The van der Waals surface area contributed by atoms with Gasteiger partial charge in [-0.25, -0.2) is 0 Å². The molecule has 0 amide bonds. The molecule has 2 fully saturated rings. The fourth-order valence-electron chi connectivity index (χ4n) is 3.63. The molecule has 1 aliphatic heterocycles. The highest BCUT2D eigenvalue weighted by Crippen LogP contribution is 2.30. The zero-order valence-corrected chi connectivity index (χ0v) is 12.5. The normalized spacial score (nSPS) is 31.7. The summed E-state index contributed by atoms with van der Waals surface area (Å²) in [6.07, 6.45) is 10.1. The third kappa shape index (κ3) is 4.55. The van der Waals surface area contributed by atoms with Gasteiger partial charge in [0.15, 0.2) is 0 Å². The van der Waals surface area contributed by atoms with Crippen molar-refractivity contribution in [3.8, 4) is 0 Å². The van der Waals surface area contributed by atoms with Crippen LogP contribution in [-0.2, 0) is 0 Å². The van der Waals surface area contributed by atoms with E-state index in [1.54, 1.807) is 0 Å². The van der Waals surface area contributed by atoms with Crippen LogP contribution in [0.4, 0.5) is 0 Å². The molecule has 2 heteroatoms. The maximum atomic E-state index is 3.59. The van der Waals surface area contributed by atoms with Crippen LogP contribution in [0.25, 0.3) is 0 Å². The van der Waals surface area contributed by atoms with Crippen LogP contribution in [0.3, 0.4) is 0 Å². The van der Waals surface area contributed by atoms with Crippen molar-refractivity contribution in [3.63, 3.8) is 0 Å². The van der Waals surface area contributed by atoms with Gasteiger partial charge in [-0.05, 0) is 57.3 Å². The zero-order valence-electron chi connectivity index (χ0n) is 12.5. The van der Waals surface area contributed by atoms with Gasteiger partial charge in [0.05, 0.1) is 0 Å². The Balaban J connectivity index is 1.57. The summed E-state index contributed by atoms with van der Waals surface area (Å²) in [5.41, 5.74) is 0. The van der Waals surface area contributed by atoms with Crippen LogP contribution < -0.4 is 5.32 Å². The van der Waals surface area contributed by atoms with E-state index in [0.29, 0.717) is 0 Å². The first-order valence-corrected chi connectivity index (χ1v) is 8.23. The summed E-state index contributed by atoms with van der Waals surface area (Å²) in [6.45, 7) is 9.77. The van der Waals surface area contributed by atoms with Gasteiger partial charge < -0.3 is 10.2 Å². The Labute approximate surface area is 114 Å². The number of likely N-dealkylation sites (tertiary alicyclic amines) is 1. The molecule has 2 aliphatic rings. The van der Waals surface area contributed by atoms with Crippen molar-refractivity contribution < 1.29 is 0 Å². The first-order chi connectivity index (χ1) is 8.78. The van der Waals surface area contributed by atoms with Crippen LogP contribution in [-0.4, -0.2) is 37.1 Å². The van der Waals surface area contributed by atoms with Gasteiger partial charge in [-0.2, -0.15) is 0 Å². The lowest BCUT2D eigenvalue weighted by Crippen LogP contribution is -2.43. The zero-order chi connectivity index (χ0) is 12.8. The molecule has 1 saturated carbocycles. The van der Waals surface area contributed by atoms with Crippen molar-refractivity contribution in [1.82, 2.24) is 10.2 Å². The second-order valence-corrected chi connectivity index (χ2v) is 6.59. The van der Waals surface area contributed by atoms with Crippen LogP contribution in [0.5, 0.6) is 0 Å². The van der Waals surface area contributed by atoms with Crippen LogP contribution in [0.2, 0.25) is 0 Å². The minimum Gasteiger partial charge on any atom is -0.314 e. The molecule has 2 rings (SSSR count). The lowest BCUT2D eigenvalue weighted by Gasteiger charge is -2.34. The van der Waals surface area contributed by atoms with Crippen molar-refractivity contribution in [2.45, 2.75) is 64.8 Å². The molecule has 0 aromatic carbocycles. The van der Waals surface area contributed by atoms with Gasteiger partial charge in [-0.15, -0.1) is 0 Å². The summed E-state index contributed by atoms with van der Waals surface area (Å²) in [6, 6.07) is 0.793. The number of rotatable bonds is 5. The van der Waals surface area contributed by atoms with Crippen molar-refractivity contribution in [1.29, 1.82) is 0 Å². The van der Waals surface area contributed by atoms with Gasteiger partial charge in [0.1, 0.15) is 0 Å². The minimum absolute atomic E-state index is 0.793. The maximum absolute atomic E-state index is 3.59. The third-order valence-corrected chi connectivity index (χ3v) is 5.07. The molecule has 106 valence electrons. The smallest absolute Gasteiger partial charge is 0.00912 e. The molecule has 18 heavy (non-hydrogen) atoms. The summed E-state index contributed by atoms with van der Waals surface area (Å²) in [7, 11) is 0. The molecular weight excluding hydrogens is 220 g/mol. The van der Waals surface area contributed by atoms with Crippen LogP contribution in [0.15, 0.2) is 0 Å². The fourth-order valence-corrected chi connectivity index (χ4v) is 3.63. The molecule has 0 radical (unpaired) electrons. The standard InChI is InChI=1S/C16H32N2/c1-3-17-16-9-12-18(13-10-16)11-8-15-6-4-14(2)5-7-15/h14-17H,3-13H2,1-2H3. The summed E-state index contributed by atoms with van der Waals surface area (Å²) in [4.78, 5) is 2.70. The van der Waals surface area contributed by atoms with Gasteiger partial charge in [0, 0.05) is 6.04 Å². The first kappa shape index (κ1) is 14.3. The second kappa shape index (κ2) is 7.49. The molecule has 1 heterocycles. The largest absolute Gasteiger partial charge is 0.314 e. The lowest BCUT2D eigenvalue weighted by molar-refractivity contribution is 0.173. The van der Waals surface area contributed by atoms with E-state index in [-0.39, 0.29) is 0 Å². The molecule has 0 bridgehead atoms. The van der Waals surface area contributed by atoms with Gasteiger partial charge in [0.25, 0.3) is 0 Å². The highest BCUT2D eigenvalue weighted by atomic mass is 15.1. The Hall–Kier alpha value is -0.0800. The molecule has 2 nitrogen and oxygen atoms in total. The van der Waals surface area contributed by atoms with E-state index in [2.05, 4.69) is 24.1 Å². The van der Waals surface area contributed by atoms with Crippen LogP contribution in [0, 0.1) is 11.8 Å². The summed E-state index contributed by atoms with van der Waals surface area (Å²) in [5, 5.41) is 3.59. The quantitative estimate of drug-likeness (QED) is 0.808. The third-order valence-electron chi connectivity index (χ3n) is 5.07. The van der Waals surface area contributed by atoms with Crippen LogP contribution in [0.1, 0.15) is 58.8 Å². The average Bonchev–Trinajstić information content (AvgIpc) is 2.40. The molecule has 0 spiro atoms. The SMILES string of the molecule is CCNC1CCN(CCC2CCC(C)CC2)CC1. The number of hydrogen-bond acceptors (Lipinski definition) is 2. The number of nitrogens with zero attached hydrogens (tertiary/aromatic N) is 1. The molecular formula is C16H32N2. The Morgan fingerprint density at radius 3 is 2.28 bits per heavy atom. The number of nitrogens with one attached hydrogen (secondary N) is 1. The number of piperidine rings is 1. The molecule has 0 aromatic heterocycles. The number of hydrogen-bond donors (Lipinski definition) is 1. The average molecular weight is 252 g/mol. The maximum Gasteiger partial charge on any atom is 0.00912 e. The minimum atomic E-state index is 0.793. The van der Waals surface area contributed by atoms with Crippen molar-refractivity contribution in [3.05, 3.63) is 0 Å². The summed E-state index contributed by atoms with van der Waals surface area (Å²) in [5.74, 6) is 2.03. The molecule has 0 atom stereocenters. The van der Waals surface area contributed by atoms with E-state index in [0.717, 1.165) is 24.4 Å². The van der Waals surface area contributed by atoms with Crippen molar-refractivity contribution >= 4 is 0 Å². The van der Waals surface area contributed by atoms with E-state index >= 15 is 0 Å². The van der Waals surface area contributed by atoms with Crippen molar-refractivity contribution in [2.24, 2.45) is 11.8 Å². The first-order valence-electron chi connectivity index (χ1n) is 8.23. The van der Waals surface area contributed by atoms with E-state index in [4.69, 9.17) is 0 Å². The predicted octanol–water partition coefficient (Wildman–Crippen LogP) is 3.28. The van der Waals surface area contributed by atoms with Gasteiger partial charge in [-0.3, -0.25) is 0 Å². The summed E-state index contributed by atoms with van der Waals surface area (Å²) < 4.78 is 0. The molecule has 0 aromatic rings. The summed E-state index contributed by atoms with van der Waals surface area (Å²) >= 11 is 0. The van der Waals surface area contributed by atoms with Gasteiger partial charge in [0.2, 0.25) is 0 Å². The van der Waals surface area contributed by atoms with E-state index in [1.807, 2.05) is 0 Å². The monoisotopic (exact) mass is 252 g/mol. The van der Waals surface area contributed by atoms with E-state index < -0.39 is 0 Å². The Bertz CT molecular complexity index is 213. The predicted molar refractivity (Wildman–Crippen MR) is 78.9 cm³/mol. The fraction of sp³-hybridized carbons (Fsp3) is 1.00. The topological polar surface area (TPSA) is 15.3 Å². The molecule has 1 N–H and O–H groups in total. The Kier molecular flexibility index (Phi) is 5.97. The second-order valence-electron chi connectivity index (χ2n) is 6.59. The Morgan fingerprint density at radius 1 is 1.00 bits per heavy atom. The highest BCUT2D eigenvalue weighted by Gasteiger charge is 2.21. The highest BCUT2D eigenvalue weighted by molar-refractivity contribution is 4.78. The van der Waals surface area contributed by atoms with Crippen LogP contribution >= 0.6 is 0 Å². The Morgan fingerprint density at radius 2 is 1.67 bits per heavy atom. The van der Waals surface area contributed by atoms with E-state index in [1.165, 1.54) is 64.6 Å². The van der Waals surface area contributed by atoms with Gasteiger partial charge in [-0.1, -0.05) is 39.5 Å². The molecule has 0 unspecified atom stereocenters. The van der Waals surface area contributed by atoms with Gasteiger partial charge >= 0.3 is 0 Å². The molecule has 1 saturated heterocycles. The van der Waals surface area contributed by atoms with E-state index in [9.17, 15) is 0 Å². The lowest BCUT2D eigenvalue weighted by atomic mass is 9.81.